The lowest BCUT2D eigenvalue weighted by atomic mass is 10.1. The Morgan fingerprint density at radius 3 is 3.06 bits per heavy atom. The minimum absolute atomic E-state index is 0.0747. The second-order valence-corrected chi connectivity index (χ2v) is 4.41. The fraction of sp³-hybridized carbons (Fsp3) is 0.545. The molecule has 6 nitrogen and oxygen atoms in total. The highest BCUT2D eigenvalue weighted by atomic mass is 16.6. The summed E-state index contributed by atoms with van der Waals surface area (Å²) in [6, 6.07) is 1.73. The summed E-state index contributed by atoms with van der Waals surface area (Å²) in [5, 5.41) is 11.1. The maximum atomic E-state index is 11.1. The molecule has 0 unspecified atom stereocenters. The molecule has 1 fully saturated rings. The third-order valence-corrected chi connectivity index (χ3v) is 3.05. The summed E-state index contributed by atoms with van der Waals surface area (Å²) in [6.45, 7) is 3.15. The molecule has 2 N–H and O–H groups in total. The molecule has 0 spiro atoms. The lowest BCUT2D eigenvalue weighted by molar-refractivity contribution is -0.384. The fourth-order valence-electron chi connectivity index (χ4n) is 2.20. The number of nitrogens with two attached hydrogens (primary N) is 1. The van der Waals surface area contributed by atoms with E-state index in [0.717, 1.165) is 19.4 Å². The van der Waals surface area contributed by atoms with E-state index in [4.69, 9.17) is 5.73 Å². The van der Waals surface area contributed by atoms with Crippen LogP contribution in [0.5, 0.6) is 0 Å². The van der Waals surface area contributed by atoms with Crippen LogP contribution in [0.15, 0.2) is 12.3 Å². The van der Waals surface area contributed by atoms with E-state index in [1.165, 1.54) is 0 Å². The summed E-state index contributed by atoms with van der Waals surface area (Å²) in [5.74, 6) is 0.449. The van der Waals surface area contributed by atoms with E-state index in [1.807, 2.05) is 4.90 Å². The number of pyridine rings is 1. The first-order chi connectivity index (χ1) is 8.09. The van der Waals surface area contributed by atoms with Crippen LogP contribution in [0.2, 0.25) is 0 Å². The average Bonchev–Trinajstić information content (AvgIpc) is 2.28. The summed E-state index contributed by atoms with van der Waals surface area (Å²) in [6.07, 6.45) is 3.53. The molecule has 1 aromatic heterocycles. The van der Waals surface area contributed by atoms with Crippen molar-refractivity contribution in [1.29, 1.82) is 0 Å². The van der Waals surface area contributed by atoms with Gasteiger partial charge in [0, 0.05) is 30.9 Å². The Kier molecular flexibility index (Phi) is 3.23. The van der Waals surface area contributed by atoms with Crippen LogP contribution >= 0.6 is 0 Å². The second-order valence-electron chi connectivity index (χ2n) is 4.41. The zero-order valence-electron chi connectivity index (χ0n) is 9.80. The van der Waals surface area contributed by atoms with Crippen molar-refractivity contribution in [2.45, 2.75) is 25.8 Å². The Labute approximate surface area is 99.6 Å². The Balaban J connectivity index is 2.37. The van der Waals surface area contributed by atoms with Crippen LogP contribution in [0.3, 0.4) is 0 Å². The molecule has 0 aliphatic carbocycles. The number of rotatable bonds is 2. The van der Waals surface area contributed by atoms with Crippen molar-refractivity contribution >= 4 is 11.5 Å². The van der Waals surface area contributed by atoms with Gasteiger partial charge in [0.25, 0.3) is 0 Å². The molecule has 2 heterocycles. The molecule has 0 bridgehead atoms. The number of nitrogens with zero attached hydrogens (tertiary/aromatic N) is 3. The predicted molar refractivity (Wildman–Crippen MR) is 65.1 cm³/mol. The number of anilines is 1. The van der Waals surface area contributed by atoms with E-state index in [0.29, 0.717) is 17.9 Å². The topological polar surface area (TPSA) is 85.3 Å². The van der Waals surface area contributed by atoms with Gasteiger partial charge in [0.1, 0.15) is 0 Å². The van der Waals surface area contributed by atoms with Gasteiger partial charge in [-0.15, -0.1) is 0 Å². The maximum Gasteiger partial charge on any atom is 0.314 e. The minimum Gasteiger partial charge on any atom is -0.349 e. The molecule has 1 aromatic rings. The maximum absolute atomic E-state index is 11.1. The van der Waals surface area contributed by atoms with E-state index in [1.54, 1.807) is 19.2 Å². The van der Waals surface area contributed by atoms with Gasteiger partial charge in [-0.25, -0.2) is 4.98 Å². The number of hydrogen-bond donors (Lipinski definition) is 1. The highest BCUT2D eigenvalue weighted by molar-refractivity contribution is 5.61. The Bertz CT molecular complexity index is 435. The lowest BCUT2D eigenvalue weighted by Crippen LogP contribution is -2.43. The summed E-state index contributed by atoms with van der Waals surface area (Å²) in [4.78, 5) is 16.8. The molecule has 0 aromatic carbocycles. The van der Waals surface area contributed by atoms with E-state index in [2.05, 4.69) is 4.98 Å². The van der Waals surface area contributed by atoms with E-state index >= 15 is 0 Å². The van der Waals surface area contributed by atoms with Crippen LogP contribution in [-0.2, 0) is 0 Å². The van der Waals surface area contributed by atoms with Crippen LogP contribution in [0.1, 0.15) is 18.4 Å². The van der Waals surface area contributed by atoms with E-state index in [-0.39, 0.29) is 16.7 Å². The van der Waals surface area contributed by atoms with Gasteiger partial charge in [-0.1, -0.05) is 0 Å². The summed E-state index contributed by atoms with van der Waals surface area (Å²) < 4.78 is 0. The van der Waals surface area contributed by atoms with Crippen molar-refractivity contribution in [3.8, 4) is 0 Å². The zero-order valence-corrected chi connectivity index (χ0v) is 9.80. The van der Waals surface area contributed by atoms with Crippen molar-refractivity contribution in [3.05, 3.63) is 27.9 Å². The monoisotopic (exact) mass is 236 g/mol. The summed E-state index contributed by atoms with van der Waals surface area (Å²) >= 11 is 0. The first-order valence-corrected chi connectivity index (χ1v) is 5.70. The Hall–Kier alpha value is -1.69. The lowest BCUT2D eigenvalue weighted by Gasteiger charge is -2.31. The normalized spacial score (nSPS) is 20.4. The molecule has 6 heteroatoms. The molecule has 1 aliphatic rings. The largest absolute Gasteiger partial charge is 0.349 e. The number of nitro groups is 1. The van der Waals surface area contributed by atoms with Crippen LogP contribution in [0, 0.1) is 17.0 Å². The number of hydrogen-bond acceptors (Lipinski definition) is 5. The first kappa shape index (κ1) is 11.8. The molecule has 1 atom stereocenters. The molecular formula is C11H16N4O2. The van der Waals surface area contributed by atoms with Gasteiger partial charge < -0.3 is 10.6 Å². The minimum atomic E-state index is -0.363. The Morgan fingerprint density at radius 2 is 2.41 bits per heavy atom. The van der Waals surface area contributed by atoms with Crippen molar-refractivity contribution < 1.29 is 4.92 Å². The molecule has 2 rings (SSSR count). The molecule has 1 saturated heterocycles. The van der Waals surface area contributed by atoms with Crippen molar-refractivity contribution in [3.63, 3.8) is 0 Å². The SMILES string of the molecule is Cc1ccnc(N2CCC[C@@H](N)C2)c1[N+](=O)[O-]. The molecule has 17 heavy (non-hydrogen) atoms. The quantitative estimate of drug-likeness (QED) is 0.616. The van der Waals surface area contributed by atoms with Gasteiger partial charge >= 0.3 is 5.69 Å². The third kappa shape index (κ3) is 2.36. The van der Waals surface area contributed by atoms with Gasteiger partial charge in [0.05, 0.1) is 4.92 Å². The first-order valence-electron chi connectivity index (χ1n) is 5.70. The molecule has 0 amide bonds. The van der Waals surface area contributed by atoms with Crippen LogP contribution in [0.25, 0.3) is 0 Å². The Morgan fingerprint density at radius 1 is 1.65 bits per heavy atom. The van der Waals surface area contributed by atoms with Crippen LogP contribution in [-0.4, -0.2) is 29.0 Å². The van der Waals surface area contributed by atoms with Crippen molar-refractivity contribution in [2.24, 2.45) is 5.73 Å². The average molecular weight is 236 g/mol. The summed E-state index contributed by atoms with van der Waals surface area (Å²) in [7, 11) is 0. The predicted octanol–water partition coefficient (Wildman–Crippen LogP) is 1.23. The molecule has 1 aliphatic heterocycles. The van der Waals surface area contributed by atoms with Crippen LogP contribution < -0.4 is 10.6 Å². The van der Waals surface area contributed by atoms with Gasteiger partial charge in [0.15, 0.2) is 0 Å². The molecule has 0 saturated carbocycles. The van der Waals surface area contributed by atoms with Gasteiger partial charge in [-0.2, -0.15) is 0 Å². The molecule has 0 radical (unpaired) electrons. The smallest absolute Gasteiger partial charge is 0.314 e. The van der Waals surface area contributed by atoms with E-state index in [9.17, 15) is 10.1 Å². The van der Waals surface area contributed by atoms with Crippen molar-refractivity contribution in [1.82, 2.24) is 4.98 Å². The fourth-order valence-corrected chi connectivity index (χ4v) is 2.20. The number of aromatic nitrogens is 1. The van der Waals surface area contributed by atoms with Gasteiger partial charge in [0.2, 0.25) is 5.82 Å². The number of aryl methyl sites for hydroxylation is 1. The van der Waals surface area contributed by atoms with E-state index < -0.39 is 0 Å². The molecular weight excluding hydrogens is 220 g/mol. The summed E-state index contributed by atoms with van der Waals surface area (Å²) in [5.41, 5.74) is 6.62. The second kappa shape index (κ2) is 4.67. The van der Waals surface area contributed by atoms with Gasteiger partial charge in [-0.3, -0.25) is 10.1 Å². The number of piperidine rings is 1. The van der Waals surface area contributed by atoms with Crippen molar-refractivity contribution in [2.75, 3.05) is 18.0 Å². The highest BCUT2D eigenvalue weighted by Gasteiger charge is 2.26. The highest BCUT2D eigenvalue weighted by Crippen LogP contribution is 2.30. The zero-order chi connectivity index (χ0) is 12.4. The molecule has 92 valence electrons. The third-order valence-electron chi connectivity index (χ3n) is 3.05. The van der Waals surface area contributed by atoms with Gasteiger partial charge in [-0.05, 0) is 25.8 Å². The standard InChI is InChI=1S/C11H16N4O2/c1-8-4-5-13-11(10(8)15(16)17)14-6-2-3-9(12)7-14/h4-5,9H,2-3,6-7,12H2,1H3/t9-/m1/s1. The van der Waals surface area contributed by atoms with Crippen LogP contribution in [0.4, 0.5) is 11.5 Å².